The number of H-pyrrole nitrogens is 1. The van der Waals surface area contributed by atoms with Gasteiger partial charge in [-0.15, -0.1) is 0 Å². The van der Waals surface area contributed by atoms with Gasteiger partial charge in [0.1, 0.15) is 11.2 Å². The summed E-state index contributed by atoms with van der Waals surface area (Å²) in [5, 5.41) is 17.5. The number of ether oxygens (including phenoxy) is 1. The third kappa shape index (κ3) is 7.02. The van der Waals surface area contributed by atoms with Crippen molar-refractivity contribution in [2.75, 3.05) is 19.0 Å². The average Bonchev–Trinajstić information content (AvgIpc) is 2.93. The first-order valence-electron chi connectivity index (χ1n) is 12.6. The number of amides is 3. The van der Waals surface area contributed by atoms with Gasteiger partial charge in [0.2, 0.25) is 0 Å². The number of anilines is 1. The fourth-order valence-corrected chi connectivity index (χ4v) is 4.91. The molecule has 13 heteroatoms. The van der Waals surface area contributed by atoms with Gasteiger partial charge in [-0.1, -0.05) is 30.9 Å². The summed E-state index contributed by atoms with van der Waals surface area (Å²) in [5.74, 6) is -0.857. The molecule has 12 nitrogen and oxygen atoms in total. The molecule has 1 atom stereocenters. The molecular weight excluding hydrogens is 528 g/mol. The molecule has 4 rings (SSSR count). The lowest BCUT2D eigenvalue weighted by molar-refractivity contribution is 0.0908. The van der Waals surface area contributed by atoms with Crippen LogP contribution < -0.4 is 26.2 Å². The van der Waals surface area contributed by atoms with Gasteiger partial charge in [-0.2, -0.15) is 4.98 Å². The van der Waals surface area contributed by atoms with Gasteiger partial charge in [0, 0.05) is 29.7 Å². The van der Waals surface area contributed by atoms with E-state index in [9.17, 15) is 19.2 Å². The van der Waals surface area contributed by atoms with Crippen molar-refractivity contribution in [1.29, 1.82) is 0 Å². The molecule has 0 bridgehead atoms. The molecule has 2 aromatic heterocycles. The Morgan fingerprint density at radius 2 is 1.95 bits per heavy atom. The molecule has 1 aliphatic rings. The molecule has 1 aliphatic carbocycles. The topological polar surface area (TPSA) is 175 Å². The van der Waals surface area contributed by atoms with Gasteiger partial charge in [-0.25, -0.2) is 9.78 Å². The number of nitrogens with one attached hydrogen (secondary N) is 4. The van der Waals surface area contributed by atoms with Crippen molar-refractivity contribution in [3.8, 4) is 6.01 Å². The van der Waals surface area contributed by atoms with E-state index in [0.29, 0.717) is 11.8 Å². The van der Waals surface area contributed by atoms with E-state index in [1.165, 1.54) is 37.6 Å². The standard InChI is InChI=1S/C26H29ClN6O6/c1-39-25-29-13-16-11-17(24(36)32-21(16)33-25)23(35)31-20-12-15(7-8-18(20)27)22(34)30-19(9-10-28-26(37)38)14-5-3-2-4-6-14/h7-8,11-14,19,28H,2-6,9-10H2,1H3,(H,30,34)(H,31,35)(H,37,38)(H,29,32,33,36). The van der Waals surface area contributed by atoms with Gasteiger partial charge in [0.05, 0.1) is 17.8 Å². The summed E-state index contributed by atoms with van der Waals surface area (Å²) in [6.07, 6.45) is 5.95. The first kappa shape index (κ1) is 27.8. The van der Waals surface area contributed by atoms with Crippen molar-refractivity contribution >= 4 is 46.2 Å². The van der Waals surface area contributed by atoms with Crippen LogP contribution in [-0.2, 0) is 0 Å². The highest BCUT2D eigenvalue weighted by atomic mass is 35.5. The highest BCUT2D eigenvalue weighted by molar-refractivity contribution is 6.34. The Bertz CT molecular complexity index is 1440. The van der Waals surface area contributed by atoms with Crippen LogP contribution in [0, 0.1) is 5.92 Å². The van der Waals surface area contributed by atoms with Crippen LogP contribution in [-0.4, -0.2) is 57.7 Å². The van der Waals surface area contributed by atoms with Crippen LogP contribution in [0.5, 0.6) is 6.01 Å². The number of halogens is 1. The molecule has 3 aromatic rings. The zero-order valence-electron chi connectivity index (χ0n) is 21.3. The molecule has 1 saturated carbocycles. The van der Waals surface area contributed by atoms with Crippen LogP contribution in [0.2, 0.25) is 5.02 Å². The van der Waals surface area contributed by atoms with E-state index < -0.39 is 17.6 Å². The minimum absolute atomic E-state index is 0.0705. The van der Waals surface area contributed by atoms with Gasteiger partial charge in [0.25, 0.3) is 17.4 Å². The third-order valence-corrected chi connectivity index (χ3v) is 7.07. The van der Waals surface area contributed by atoms with Crippen molar-refractivity contribution in [2.45, 2.75) is 44.6 Å². The molecule has 1 fully saturated rings. The summed E-state index contributed by atoms with van der Waals surface area (Å²) in [6, 6.07) is 5.67. The van der Waals surface area contributed by atoms with Crippen molar-refractivity contribution in [1.82, 2.24) is 25.6 Å². The van der Waals surface area contributed by atoms with E-state index in [1.54, 1.807) is 0 Å². The van der Waals surface area contributed by atoms with Crippen LogP contribution >= 0.6 is 11.6 Å². The van der Waals surface area contributed by atoms with E-state index in [4.69, 9.17) is 21.4 Å². The smallest absolute Gasteiger partial charge is 0.404 e. The minimum Gasteiger partial charge on any atom is -0.467 e. The summed E-state index contributed by atoms with van der Waals surface area (Å²) in [7, 11) is 1.39. The minimum atomic E-state index is -1.11. The van der Waals surface area contributed by atoms with Crippen LogP contribution in [0.25, 0.3) is 11.0 Å². The summed E-state index contributed by atoms with van der Waals surface area (Å²) < 4.78 is 4.95. The van der Waals surface area contributed by atoms with Crippen LogP contribution in [0.3, 0.4) is 0 Å². The van der Waals surface area contributed by atoms with Crippen molar-refractivity contribution in [2.24, 2.45) is 5.92 Å². The van der Waals surface area contributed by atoms with E-state index >= 15 is 0 Å². The average molecular weight is 557 g/mol. The van der Waals surface area contributed by atoms with Gasteiger partial charge < -0.3 is 30.8 Å². The normalized spacial score (nSPS) is 14.4. The Kier molecular flexibility index (Phi) is 8.97. The monoisotopic (exact) mass is 556 g/mol. The number of nitrogens with zero attached hydrogens (tertiary/aromatic N) is 2. The Labute approximate surface area is 228 Å². The summed E-state index contributed by atoms with van der Waals surface area (Å²) >= 11 is 6.30. The summed E-state index contributed by atoms with van der Waals surface area (Å²) in [5.41, 5.74) is -0.233. The number of aromatic nitrogens is 3. The second-order valence-corrected chi connectivity index (χ2v) is 9.73. The number of carbonyl (C=O) groups is 3. The Balaban J connectivity index is 1.51. The number of fused-ring (bicyclic) bond motifs is 1. The Morgan fingerprint density at radius 3 is 2.67 bits per heavy atom. The molecule has 5 N–H and O–H groups in total. The number of benzene rings is 1. The van der Waals surface area contributed by atoms with E-state index in [1.807, 2.05) is 0 Å². The highest BCUT2D eigenvalue weighted by Gasteiger charge is 2.26. The second kappa shape index (κ2) is 12.6. The molecule has 2 heterocycles. The molecule has 3 amide bonds. The fourth-order valence-electron chi connectivity index (χ4n) is 4.74. The lowest BCUT2D eigenvalue weighted by Crippen LogP contribution is -2.43. The second-order valence-electron chi connectivity index (χ2n) is 9.32. The van der Waals surface area contributed by atoms with E-state index in [-0.39, 0.29) is 57.9 Å². The molecule has 206 valence electrons. The number of rotatable bonds is 9. The largest absolute Gasteiger partial charge is 0.467 e. The van der Waals surface area contributed by atoms with Gasteiger partial charge in [-0.05, 0) is 49.4 Å². The van der Waals surface area contributed by atoms with Crippen molar-refractivity contribution in [3.63, 3.8) is 0 Å². The van der Waals surface area contributed by atoms with Crippen LogP contribution in [0.1, 0.15) is 59.2 Å². The van der Waals surface area contributed by atoms with E-state index in [2.05, 4.69) is 30.9 Å². The molecule has 0 saturated heterocycles. The number of hydrogen-bond donors (Lipinski definition) is 5. The van der Waals surface area contributed by atoms with Gasteiger partial charge >= 0.3 is 12.1 Å². The zero-order valence-corrected chi connectivity index (χ0v) is 22.0. The molecule has 1 aromatic carbocycles. The number of hydrogen-bond acceptors (Lipinski definition) is 7. The molecule has 0 spiro atoms. The molecular formula is C26H29ClN6O6. The maximum atomic E-state index is 13.2. The van der Waals surface area contributed by atoms with E-state index in [0.717, 1.165) is 32.1 Å². The molecule has 39 heavy (non-hydrogen) atoms. The maximum absolute atomic E-state index is 13.2. The Hall–Kier alpha value is -4.19. The predicted molar refractivity (Wildman–Crippen MR) is 145 cm³/mol. The lowest BCUT2D eigenvalue weighted by Gasteiger charge is -2.31. The molecule has 0 aliphatic heterocycles. The lowest BCUT2D eigenvalue weighted by atomic mass is 9.82. The summed E-state index contributed by atoms with van der Waals surface area (Å²) in [6.45, 7) is 0.219. The van der Waals surface area contributed by atoms with Crippen molar-refractivity contribution in [3.05, 3.63) is 57.0 Å². The molecule has 1 unspecified atom stereocenters. The first-order chi connectivity index (χ1) is 18.7. The SMILES string of the molecule is COc1ncc2cc(C(=O)Nc3cc(C(=O)NC(CCNC(=O)O)C4CCCCC4)ccc3Cl)c(=O)[nH]c2n1. The molecule has 0 radical (unpaired) electrons. The fraction of sp³-hybridized carbons (Fsp3) is 0.385. The predicted octanol–water partition coefficient (Wildman–Crippen LogP) is 3.57. The number of pyridine rings is 1. The van der Waals surface area contributed by atoms with Crippen molar-refractivity contribution < 1.29 is 24.2 Å². The maximum Gasteiger partial charge on any atom is 0.404 e. The first-order valence-corrected chi connectivity index (χ1v) is 13.0. The number of methoxy groups -OCH3 is 1. The third-order valence-electron chi connectivity index (χ3n) is 6.74. The van der Waals surface area contributed by atoms with Crippen LogP contribution in [0.15, 0.2) is 35.3 Å². The number of carboxylic acid groups (broad SMARTS) is 1. The Morgan fingerprint density at radius 1 is 1.18 bits per heavy atom. The zero-order chi connectivity index (χ0) is 27.9. The highest BCUT2D eigenvalue weighted by Crippen LogP contribution is 2.29. The summed E-state index contributed by atoms with van der Waals surface area (Å²) in [4.78, 5) is 60.2. The number of aromatic amines is 1. The van der Waals surface area contributed by atoms with Crippen LogP contribution in [0.4, 0.5) is 10.5 Å². The number of carbonyl (C=O) groups excluding carboxylic acids is 2. The van der Waals surface area contributed by atoms with Gasteiger partial charge in [-0.3, -0.25) is 14.4 Å². The van der Waals surface area contributed by atoms with Gasteiger partial charge in [0.15, 0.2) is 0 Å². The quantitative estimate of drug-likeness (QED) is 0.266.